The third-order valence-electron chi connectivity index (χ3n) is 5.10. The van der Waals surface area contributed by atoms with Gasteiger partial charge in [-0.05, 0) is 56.2 Å². The molecule has 1 aliphatic carbocycles. The van der Waals surface area contributed by atoms with Crippen LogP contribution < -0.4 is 10.1 Å². The number of carbonyl (C=O) groups is 1. The van der Waals surface area contributed by atoms with Crippen molar-refractivity contribution in [2.24, 2.45) is 0 Å². The number of hydrogen-bond acceptors (Lipinski definition) is 2. The first-order chi connectivity index (χ1) is 10.7. The summed E-state index contributed by atoms with van der Waals surface area (Å²) in [7, 11) is 1.67. The minimum absolute atomic E-state index is 0.111. The average Bonchev–Trinajstić information content (AvgIpc) is 3.35. The molecule has 120 valence electrons. The summed E-state index contributed by atoms with van der Waals surface area (Å²) in [6.07, 6.45) is 6.60. The Hall–Kier alpha value is -1.71. The Labute approximate surface area is 132 Å². The lowest BCUT2D eigenvalue weighted by Gasteiger charge is -2.36. The highest BCUT2D eigenvalue weighted by atomic mass is 16.5. The number of carbonyl (C=O) groups excluding carboxylic acids is 1. The molecule has 2 fully saturated rings. The lowest BCUT2D eigenvalue weighted by Crippen LogP contribution is -2.51. The van der Waals surface area contributed by atoms with Gasteiger partial charge in [0.25, 0.3) is 0 Å². The summed E-state index contributed by atoms with van der Waals surface area (Å²) in [5.74, 6) is 0.855. The van der Waals surface area contributed by atoms with Crippen LogP contribution in [0.3, 0.4) is 0 Å². The maximum absolute atomic E-state index is 12.7. The number of ether oxygens (including phenoxy) is 1. The van der Waals surface area contributed by atoms with Gasteiger partial charge in [0.1, 0.15) is 5.75 Å². The molecule has 1 atom stereocenters. The summed E-state index contributed by atoms with van der Waals surface area (Å²) in [4.78, 5) is 14.8. The van der Waals surface area contributed by atoms with Crippen LogP contribution in [0.4, 0.5) is 4.79 Å². The maximum atomic E-state index is 12.7. The van der Waals surface area contributed by atoms with Gasteiger partial charge in [-0.1, -0.05) is 19.1 Å². The minimum atomic E-state index is -0.154. The van der Waals surface area contributed by atoms with E-state index in [4.69, 9.17) is 4.74 Å². The number of nitrogens with one attached hydrogen (secondary N) is 1. The normalized spacial score (nSPS) is 23.0. The fourth-order valence-corrected chi connectivity index (χ4v) is 3.49. The Bertz CT molecular complexity index is 522. The molecule has 1 aliphatic heterocycles. The Morgan fingerprint density at radius 1 is 1.32 bits per heavy atom. The number of methoxy groups -OCH3 is 1. The lowest BCUT2D eigenvalue weighted by molar-refractivity contribution is 0.144. The van der Waals surface area contributed by atoms with Gasteiger partial charge < -0.3 is 15.0 Å². The van der Waals surface area contributed by atoms with Crippen LogP contribution in [0.1, 0.15) is 51.0 Å². The Morgan fingerprint density at radius 2 is 2.05 bits per heavy atom. The molecular weight excluding hydrogens is 276 g/mol. The Kier molecular flexibility index (Phi) is 4.27. The number of nitrogens with zero attached hydrogens (tertiary/aromatic N) is 1. The number of hydrogen-bond donors (Lipinski definition) is 1. The SMILES string of the molecule is CCC1CCCCN1C(=O)NC1(c2ccc(OC)cc2)CC1. The number of urea groups is 1. The maximum Gasteiger partial charge on any atom is 0.318 e. The summed E-state index contributed by atoms with van der Waals surface area (Å²) in [5, 5.41) is 3.30. The Balaban J connectivity index is 1.69. The van der Waals surface area contributed by atoms with E-state index in [9.17, 15) is 4.79 Å². The van der Waals surface area contributed by atoms with Gasteiger partial charge in [-0.15, -0.1) is 0 Å². The van der Waals surface area contributed by atoms with Gasteiger partial charge in [0, 0.05) is 12.6 Å². The fraction of sp³-hybridized carbons (Fsp3) is 0.611. The standard InChI is InChI=1S/C18H26N2O2/c1-3-15-6-4-5-13-20(15)17(21)19-18(11-12-18)14-7-9-16(22-2)10-8-14/h7-10,15H,3-6,11-13H2,1-2H3,(H,19,21). The van der Waals surface area contributed by atoms with E-state index in [0.717, 1.165) is 44.4 Å². The first-order valence-corrected chi connectivity index (χ1v) is 8.42. The number of rotatable bonds is 4. The summed E-state index contributed by atoms with van der Waals surface area (Å²) in [5.41, 5.74) is 1.03. The molecule has 0 bridgehead atoms. The molecule has 22 heavy (non-hydrogen) atoms. The van der Waals surface area contributed by atoms with Gasteiger partial charge >= 0.3 is 6.03 Å². The molecule has 1 aromatic carbocycles. The molecule has 0 radical (unpaired) electrons. The molecule has 2 amide bonds. The first-order valence-electron chi connectivity index (χ1n) is 8.42. The van der Waals surface area contributed by atoms with E-state index in [1.807, 2.05) is 17.0 Å². The molecule has 2 aliphatic rings. The predicted octanol–water partition coefficient (Wildman–Crippen LogP) is 3.66. The van der Waals surface area contributed by atoms with Crippen LogP contribution in [0, 0.1) is 0 Å². The first kappa shape index (κ1) is 15.2. The molecule has 1 saturated heterocycles. The third-order valence-corrected chi connectivity index (χ3v) is 5.10. The lowest BCUT2D eigenvalue weighted by atomic mass is 10.00. The van der Waals surface area contributed by atoms with Gasteiger partial charge in [-0.2, -0.15) is 0 Å². The van der Waals surface area contributed by atoms with Gasteiger partial charge in [-0.3, -0.25) is 0 Å². The molecule has 1 unspecified atom stereocenters. The molecule has 4 nitrogen and oxygen atoms in total. The summed E-state index contributed by atoms with van der Waals surface area (Å²) in [6, 6.07) is 8.59. The zero-order chi connectivity index (χ0) is 15.6. The van der Waals surface area contributed by atoms with Crippen molar-refractivity contribution in [3.63, 3.8) is 0 Å². The van der Waals surface area contributed by atoms with Crippen molar-refractivity contribution in [3.05, 3.63) is 29.8 Å². The third kappa shape index (κ3) is 2.92. The molecule has 1 N–H and O–H groups in total. The zero-order valence-electron chi connectivity index (χ0n) is 13.6. The molecule has 1 heterocycles. The van der Waals surface area contributed by atoms with E-state index >= 15 is 0 Å². The highest BCUT2D eigenvalue weighted by Gasteiger charge is 2.46. The molecule has 0 aromatic heterocycles. The van der Waals surface area contributed by atoms with Crippen LogP contribution >= 0.6 is 0 Å². The summed E-state index contributed by atoms with van der Waals surface area (Å²) >= 11 is 0. The van der Waals surface area contributed by atoms with Crippen LogP contribution in [0.25, 0.3) is 0 Å². The average molecular weight is 302 g/mol. The van der Waals surface area contributed by atoms with Crippen LogP contribution in [-0.2, 0) is 5.54 Å². The zero-order valence-corrected chi connectivity index (χ0v) is 13.6. The van der Waals surface area contributed by atoms with Gasteiger partial charge in [0.05, 0.1) is 12.6 Å². The second kappa shape index (κ2) is 6.19. The predicted molar refractivity (Wildman–Crippen MR) is 87.1 cm³/mol. The highest BCUT2D eigenvalue weighted by molar-refractivity contribution is 5.76. The molecule has 3 rings (SSSR count). The van der Waals surface area contributed by atoms with Crippen molar-refractivity contribution in [1.29, 1.82) is 0 Å². The van der Waals surface area contributed by atoms with Gasteiger partial charge in [0.2, 0.25) is 0 Å². The topological polar surface area (TPSA) is 41.6 Å². The van der Waals surface area contributed by atoms with Gasteiger partial charge in [0.15, 0.2) is 0 Å². The number of piperidine rings is 1. The Morgan fingerprint density at radius 3 is 2.64 bits per heavy atom. The molecular formula is C18H26N2O2. The number of amides is 2. The van der Waals surface area contributed by atoms with Crippen molar-refractivity contribution < 1.29 is 9.53 Å². The van der Waals surface area contributed by atoms with Crippen LogP contribution in [0.2, 0.25) is 0 Å². The monoisotopic (exact) mass is 302 g/mol. The van der Waals surface area contributed by atoms with E-state index in [0.29, 0.717) is 6.04 Å². The minimum Gasteiger partial charge on any atom is -0.497 e. The van der Waals surface area contributed by atoms with Crippen molar-refractivity contribution in [2.45, 2.75) is 57.0 Å². The van der Waals surface area contributed by atoms with Crippen LogP contribution in [0.5, 0.6) is 5.75 Å². The fourth-order valence-electron chi connectivity index (χ4n) is 3.49. The van der Waals surface area contributed by atoms with E-state index in [1.54, 1.807) is 7.11 Å². The molecule has 0 spiro atoms. The van der Waals surface area contributed by atoms with E-state index in [1.165, 1.54) is 12.0 Å². The highest BCUT2D eigenvalue weighted by Crippen LogP contribution is 2.46. The van der Waals surface area contributed by atoms with Crippen LogP contribution in [-0.4, -0.2) is 30.6 Å². The van der Waals surface area contributed by atoms with Crippen molar-refractivity contribution in [3.8, 4) is 5.75 Å². The quantitative estimate of drug-likeness (QED) is 0.922. The van der Waals surface area contributed by atoms with E-state index in [2.05, 4.69) is 24.4 Å². The smallest absolute Gasteiger partial charge is 0.318 e. The van der Waals surface area contributed by atoms with Crippen molar-refractivity contribution in [2.75, 3.05) is 13.7 Å². The van der Waals surface area contributed by atoms with Crippen molar-refractivity contribution >= 4 is 6.03 Å². The van der Waals surface area contributed by atoms with Crippen molar-refractivity contribution in [1.82, 2.24) is 10.2 Å². The number of likely N-dealkylation sites (tertiary alicyclic amines) is 1. The van der Waals surface area contributed by atoms with E-state index < -0.39 is 0 Å². The summed E-state index contributed by atoms with van der Waals surface area (Å²) in [6.45, 7) is 3.07. The summed E-state index contributed by atoms with van der Waals surface area (Å²) < 4.78 is 5.21. The molecule has 4 heteroatoms. The largest absolute Gasteiger partial charge is 0.497 e. The van der Waals surface area contributed by atoms with E-state index in [-0.39, 0.29) is 11.6 Å². The second-order valence-electron chi connectivity index (χ2n) is 6.49. The molecule has 1 saturated carbocycles. The second-order valence-corrected chi connectivity index (χ2v) is 6.49. The molecule has 1 aromatic rings. The van der Waals surface area contributed by atoms with Crippen LogP contribution in [0.15, 0.2) is 24.3 Å². The van der Waals surface area contributed by atoms with Gasteiger partial charge in [-0.25, -0.2) is 4.79 Å². The number of benzene rings is 1.